The van der Waals surface area contributed by atoms with Crippen LogP contribution in [0.2, 0.25) is 0 Å². The van der Waals surface area contributed by atoms with Crippen LogP contribution in [0.25, 0.3) is 0 Å². The Labute approximate surface area is 105 Å². The minimum atomic E-state index is -4.04. The van der Waals surface area contributed by atoms with E-state index in [4.69, 9.17) is 5.73 Å². The van der Waals surface area contributed by atoms with E-state index in [1.54, 1.807) is 0 Å². The third kappa shape index (κ3) is 2.47. The molecule has 0 heterocycles. The van der Waals surface area contributed by atoms with E-state index in [-0.39, 0.29) is 12.2 Å². The molecule has 0 spiro atoms. The zero-order valence-corrected chi connectivity index (χ0v) is 10.5. The van der Waals surface area contributed by atoms with E-state index >= 15 is 0 Å². The van der Waals surface area contributed by atoms with Crippen LogP contribution in [0.3, 0.4) is 0 Å². The second-order valence-corrected chi connectivity index (χ2v) is 6.26. The van der Waals surface area contributed by atoms with Crippen molar-refractivity contribution in [2.75, 3.05) is 12.3 Å². The van der Waals surface area contributed by atoms with E-state index in [0.717, 1.165) is 12.5 Å². The van der Waals surface area contributed by atoms with Crippen molar-refractivity contribution < 1.29 is 17.9 Å². The first kappa shape index (κ1) is 13.3. The van der Waals surface area contributed by atoms with Crippen LogP contribution in [0, 0.1) is 5.82 Å². The van der Waals surface area contributed by atoms with Crippen molar-refractivity contribution in [3.05, 3.63) is 24.0 Å². The maximum absolute atomic E-state index is 13.5. The normalized spacial score (nSPS) is 18.3. The lowest BCUT2D eigenvalue weighted by atomic mass is 9.81. The monoisotopic (exact) mass is 274 g/mol. The summed E-state index contributed by atoms with van der Waals surface area (Å²) in [6.45, 7) is -0.122. The molecule has 1 fully saturated rings. The summed E-state index contributed by atoms with van der Waals surface area (Å²) in [5.74, 6) is -0.900. The van der Waals surface area contributed by atoms with E-state index in [0.29, 0.717) is 12.8 Å². The number of halogens is 1. The number of nitrogens with one attached hydrogen (secondary N) is 1. The third-order valence-electron chi connectivity index (χ3n) is 3.14. The van der Waals surface area contributed by atoms with Gasteiger partial charge in [0.2, 0.25) is 10.0 Å². The summed E-state index contributed by atoms with van der Waals surface area (Å²) in [5, 5.41) is 9.81. The van der Waals surface area contributed by atoms with E-state index in [1.807, 2.05) is 0 Å². The number of anilines is 1. The van der Waals surface area contributed by atoms with Crippen molar-refractivity contribution in [2.45, 2.75) is 29.8 Å². The Morgan fingerprint density at radius 2 is 2.11 bits per heavy atom. The minimum Gasteiger partial charge on any atom is -0.398 e. The average Bonchev–Trinajstić information content (AvgIpc) is 2.23. The third-order valence-corrected chi connectivity index (χ3v) is 4.63. The van der Waals surface area contributed by atoms with Crippen LogP contribution < -0.4 is 10.5 Å². The predicted molar refractivity (Wildman–Crippen MR) is 64.8 cm³/mol. The van der Waals surface area contributed by atoms with Gasteiger partial charge in [-0.3, -0.25) is 0 Å². The molecule has 1 aromatic rings. The first-order chi connectivity index (χ1) is 8.34. The molecular weight excluding hydrogens is 259 g/mol. The van der Waals surface area contributed by atoms with E-state index < -0.39 is 26.3 Å². The molecule has 0 aliphatic heterocycles. The molecule has 2 rings (SSSR count). The number of hydrogen-bond acceptors (Lipinski definition) is 4. The van der Waals surface area contributed by atoms with E-state index in [9.17, 15) is 17.9 Å². The molecule has 0 unspecified atom stereocenters. The molecule has 0 radical (unpaired) electrons. The zero-order chi connectivity index (χ0) is 13.4. The summed E-state index contributed by atoms with van der Waals surface area (Å²) in [6.07, 6.45) is 1.95. The molecule has 1 aliphatic rings. The van der Waals surface area contributed by atoms with Gasteiger partial charge in [0.25, 0.3) is 0 Å². The standard InChI is InChI=1S/C11H15FN2O3S/c12-8-3-1-4-9(13)10(8)18(16,17)14-7-11(15)5-2-6-11/h1,3-4,14-15H,2,5-7,13H2. The highest BCUT2D eigenvalue weighted by molar-refractivity contribution is 7.89. The highest BCUT2D eigenvalue weighted by Gasteiger charge is 2.36. The summed E-state index contributed by atoms with van der Waals surface area (Å²) < 4.78 is 39.5. The highest BCUT2D eigenvalue weighted by Crippen LogP contribution is 2.31. The minimum absolute atomic E-state index is 0.122. The van der Waals surface area contributed by atoms with Gasteiger partial charge in [-0.15, -0.1) is 0 Å². The van der Waals surface area contributed by atoms with Gasteiger partial charge in [-0.2, -0.15) is 0 Å². The number of benzene rings is 1. The zero-order valence-electron chi connectivity index (χ0n) is 9.69. The number of nitrogens with two attached hydrogens (primary N) is 1. The number of rotatable bonds is 4. The van der Waals surface area contributed by atoms with Gasteiger partial charge in [-0.05, 0) is 31.4 Å². The van der Waals surface area contributed by atoms with E-state index in [2.05, 4.69) is 4.72 Å². The maximum Gasteiger partial charge on any atom is 0.245 e. The second kappa shape index (κ2) is 4.49. The molecule has 18 heavy (non-hydrogen) atoms. The Bertz CT molecular complexity index is 535. The smallest absolute Gasteiger partial charge is 0.245 e. The topological polar surface area (TPSA) is 92.4 Å². The van der Waals surface area contributed by atoms with Crippen LogP contribution in [0.15, 0.2) is 23.1 Å². The van der Waals surface area contributed by atoms with Crippen molar-refractivity contribution >= 4 is 15.7 Å². The first-order valence-corrected chi connectivity index (χ1v) is 7.08. The molecule has 0 saturated heterocycles. The van der Waals surface area contributed by atoms with Gasteiger partial charge < -0.3 is 10.8 Å². The average molecular weight is 274 g/mol. The van der Waals surface area contributed by atoms with Gasteiger partial charge in [0.1, 0.15) is 10.7 Å². The number of nitrogen functional groups attached to an aromatic ring is 1. The lowest BCUT2D eigenvalue weighted by Crippen LogP contribution is -2.47. The van der Waals surface area contributed by atoms with Crippen LogP contribution in [0.4, 0.5) is 10.1 Å². The van der Waals surface area contributed by atoms with Crippen molar-refractivity contribution in [1.82, 2.24) is 4.72 Å². The fourth-order valence-electron chi connectivity index (χ4n) is 1.87. The van der Waals surface area contributed by atoms with Crippen LogP contribution >= 0.6 is 0 Å². The first-order valence-electron chi connectivity index (χ1n) is 5.60. The van der Waals surface area contributed by atoms with Gasteiger partial charge in [-0.1, -0.05) is 6.07 Å². The molecule has 1 saturated carbocycles. The van der Waals surface area contributed by atoms with Gasteiger partial charge in [0.15, 0.2) is 0 Å². The molecule has 0 bridgehead atoms. The Morgan fingerprint density at radius 3 is 2.61 bits per heavy atom. The van der Waals surface area contributed by atoms with Gasteiger partial charge in [0, 0.05) is 6.54 Å². The predicted octanol–water partition coefficient (Wildman–Crippen LogP) is 0.601. The molecule has 1 aromatic carbocycles. The Balaban J connectivity index is 2.20. The Kier molecular flexibility index (Phi) is 3.31. The van der Waals surface area contributed by atoms with Crippen LogP contribution in [0.5, 0.6) is 0 Å². The summed E-state index contributed by atoms with van der Waals surface area (Å²) in [5.41, 5.74) is 4.31. The fraction of sp³-hybridized carbons (Fsp3) is 0.455. The molecular formula is C11H15FN2O3S. The van der Waals surface area contributed by atoms with Crippen molar-refractivity contribution in [3.8, 4) is 0 Å². The van der Waals surface area contributed by atoms with Gasteiger partial charge in [-0.25, -0.2) is 17.5 Å². The SMILES string of the molecule is Nc1cccc(F)c1S(=O)(=O)NCC1(O)CCC1. The largest absolute Gasteiger partial charge is 0.398 e. The summed E-state index contributed by atoms with van der Waals surface area (Å²) >= 11 is 0. The molecule has 0 aromatic heterocycles. The van der Waals surface area contributed by atoms with E-state index in [1.165, 1.54) is 12.1 Å². The van der Waals surface area contributed by atoms with Crippen molar-refractivity contribution in [1.29, 1.82) is 0 Å². The number of aliphatic hydroxyl groups is 1. The summed E-state index contributed by atoms with van der Waals surface area (Å²) in [4.78, 5) is -0.562. The van der Waals surface area contributed by atoms with Crippen LogP contribution in [0.1, 0.15) is 19.3 Å². The maximum atomic E-state index is 13.5. The van der Waals surface area contributed by atoms with Crippen LogP contribution in [-0.2, 0) is 10.0 Å². The molecule has 7 heteroatoms. The summed E-state index contributed by atoms with van der Waals surface area (Å²) in [6, 6.07) is 3.68. The highest BCUT2D eigenvalue weighted by atomic mass is 32.2. The molecule has 1 aliphatic carbocycles. The van der Waals surface area contributed by atoms with Crippen molar-refractivity contribution in [2.24, 2.45) is 0 Å². The second-order valence-electron chi connectivity index (χ2n) is 4.56. The quantitative estimate of drug-likeness (QED) is 0.701. The molecule has 100 valence electrons. The molecule has 0 amide bonds. The molecule has 0 atom stereocenters. The summed E-state index contributed by atoms with van der Waals surface area (Å²) in [7, 11) is -4.04. The van der Waals surface area contributed by atoms with Gasteiger partial charge in [0.05, 0.1) is 11.3 Å². The number of hydrogen-bond donors (Lipinski definition) is 3. The fourth-order valence-corrected chi connectivity index (χ4v) is 3.18. The molecule has 4 N–H and O–H groups in total. The Hall–Kier alpha value is -1.18. The van der Waals surface area contributed by atoms with Crippen molar-refractivity contribution in [3.63, 3.8) is 0 Å². The lowest BCUT2D eigenvalue weighted by molar-refractivity contribution is -0.0271. The Morgan fingerprint density at radius 1 is 1.44 bits per heavy atom. The number of sulfonamides is 1. The van der Waals surface area contributed by atoms with Crippen LogP contribution in [-0.4, -0.2) is 25.7 Å². The lowest BCUT2D eigenvalue weighted by Gasteiger charge is -2.36. The van der Waals surface area contributed by atoms with Gasteiger partial charge >= 0.3 is 0 Å². The molecule has 5 nitrogen and oxygen atoms in total.